The van der Waals surface area contributed by atoms with E-state index in [1.165, 1.54) is 11.3 Å². The molecule has 6 heteroatoms. The van der Waals surface area contributed by atoms with Gasteiger partial charge in [-0.25, -0.2) is 0 Å². The van der Waals surface area contributed by atoms with Crippen LogP contribution < -0.4 is 14.3 Å². The summed E-state index contributed by atoms with van der Waals surface area (Å²) in [7, 11) is 3.40. The Morgan fingerprint density at radius 3 is 2.67 bits per heavy atom. The van der Waals surface area contributed by atoms with E-state index in [1.54, 1.807) is 29.9 Å². The Morgan fingerprint density at radius 2 is 2.10 bits per heavy atom. The van der Waals surface area contributed by atoms with Crippen molar-refractivity contribution in [1.82, 2.24) is 4.57 Å². The van der Waals surface area contributed by atoms with Crippen LogP contribution in [0.2, 0.25) is 0 Å². The average molecular weight is 306 g/mol. The number of benzene rings is 1. The molecule has 0 N–H and O–H groups in total. The van der Waals surface area contributed by atoms with E-state index in [4.69, 9.17) is 9.47 Å². The summed E-state index contributed by atoms with van der Waals surface area (Å²) in [6.45, 7) is 3.87. The molecule has 112 valence electrons. The molecule has 0 saturated heterocycles. The van der Waals surface area contributed by atoms with Crippen LogP contribution in [-0.2, 0) is 7.05 Å². The Morgan fingerprint density at radius 1 is 1.33 bits per heavy atom. The molecule has 2 aromatic rings. The standard InChI is InChI=1S/C15H18N2O3S/c1-10(2)20-12-6-5-11(9-13(12)19-4)14(18)16-15-17(3)7-8-21-15/h5-10H,1-4H3. The van der Waals surface area contributed by atoms with Crippen LogP contribution in [0.5, 0.6) is 11.5 Å². The lowest BCUT2D eigenvalue weighted by molar-refractivity contribution is 0.0997. The minimum Gasteiger partial charge on any atom is -0.493 e. The van der Waals surface area contributed by atoms with E-state index in [0.29, 0.717) is 21.9 Å². The number of carbonyl (C=O) groups is 1. The molecule has 0 aliphatic rings. The van der Waals surface area contributed by atoms with Gasteiger partial charge in [-0.15, -0.1) is 11.3 Å². The van der Waals surface area contributed by atoms with Crippen LogP contribution in [0.1, 0.15) is 24.2 Å². The van der Waals surface area contributed by atoms with E-state index in [0.717, 1.165) is 0 Å². The smallest absolute Gasteiger partial charge is 0.279 e. The van der Waals surface area contributed by atoms with E-state index in [1.807, 2.05) is 32.5 Å². The summed E-state index contributed by atoms with van der Waals surface area (Å²) in [4.78, 5) is 17.0. The van der Waals surface area contributed by atoms with Gasteiger partial charge in [-0.05, 0) is 32.0 Å². The fourth-order valence-corrected chi connectivity index (χ4v) is 2.47. The lowest BCUT2D eigenvalue weighted by Crippen LogP contribution is -2.13. The van der Waals surface area contributed by atoms with Gasteiger partial charge in [0.2, 0.25) is 0 Å². The third kappa shape index (κ3) is 3.72. The van der Waals surface area contributed by atoms with Crippen molar-refractivity contribution in [3.05, 3.63) is 40.1 Å². The van der Waals surface area contributed by atoms with Crippen molar-refractivity contribution in [2.75, 3.05) is 7.11 Å². The summed E-state index contributed by atoms with van der Waals surface area (Å²) >= 11 is 1.41. The molecule has 21 heavy (non-hydrogen) atoms. The maximum Gasteiger partial charge on any atom is 0.279 e. The largest absolute Gasteiger partial charge is 0.493 e. The number of nitrogens with zero attached hydrogens (tertiary/aromatic N) is 2. The second-order valence-electron chi connectivity index (χ2n) is 4.75. The molecule has 0 spiro atoms. The number of ether oxygens (including phenoxy) is 2. The molecule has 5 nitrogen and oxygen atoms in total. The summed E-state index contributed by atoms with van der Waals surface area (Å²) in [5, 5.41) is 1.88. The molecule has 0 unspecified atom stereocenters. The molecule has 1 aromatic heterocycles. The zero-order chi connectivity index (χ0) is 15.4. The minimum atomic E-state index is -0.303. The Bertz CT molecular complexity index is 701. The topological polar surface area (TPSA) is 52.8 Å². The number of methoxy groups -OCH3 is 1. The molecular weight excluding hydrogens is 288 g/mol. The van der Waals surface area contributed by atoms with E-state index >= 15 is 0 Å². The Labute approximate surface area is 127 Å². The third-order valence-electron chi connectivity index (χ3n) is 2.73. The molecule has 0 fully saturated rings. The Kier molecular flexibility index (Phi) is 4.80. The summed E-state index contributed by atoms with van der Waals surface area (Å²) in [6, 6.07) is 5.08. The van der Waals surface area contributed by atoms with Crippen LogP contribution in [0.15, 0.2) is 34.8 Å². The van der Waals surface area contributed by atoms with Crippen molar-refractivity contribution in [2.45, 2.75) is 20.0 Å². The summed E-state index contributed by atoms with van der Waals surface area (Å²) in [5.74, 6) is 0.841. The SMILES string of the molecule is COc1cc(C(=O)N=c2sccn2C)ccc1OC(C)C. The highest BCUT2D eigenvalue weighted by Crippen LogP contribution is 2.29. The maximum absolute atomic E-state index is 12.2. The van der Waals surface area contributed by atoms with Crippen molar-refractivity contribution in [3.8, 4) is 11.5 Å². The summed E-state index contributed by atoms with van der Waals surface area (Å²) in [5.41, 5.74) is 0.469. The number of aromatic nitrogens is 1. The van der Waals surface area contributed by atoms with Crippen LogP contribution in [-0.4, -0.2) is 23.7 Å². The molecule has 2 rings (SSSR count). The van der Waals surface area contributed by atoms with Gasteiger partial charge in [-0.1, -0.05) is 0 Å². The van der Waals surface area contributed by atoms with Crippen molar-refractivity contribution < 1.29 is 14.3 Å². The first-order valence-electron chi connectivity index (χ1n) is 6.55. The van der Waals surface area contributed by atoms with E-state index < -0.39 is 0 Å². The molecule has 1 heterocycles. The summed E-state index contributed by atoms with van der Waals surface area (Å²) in [6.07, 6.45) is 1.90. The van der Waals surface area contributed by atoms with Crippen LogP contribution in [0.25, 0.3) is 0 Å². The van der Waals surface area contributed by atoms with Crippen molar-refractivity contribution >= 4 is 17.2 Å². The number of rotatable bonds is 4. The van der Waals surface area contributed by atoms with Crippen molar-refractivity contribution in [3.63, 3.8) is 0 Å². The normalized spacial score (nSPS) is 11.8. The molecule has 1 amide bonds. The fraction of sp³-hybridized carbons (Fsp3) is 0.333. The van der Waals surface area contributed by atoms with Crippen LogP contribution in [0.4, 0.5) is 0 Å². The van der Waals surface area contributed by atoms with E-state index in [9.17, 15) is 4.79 Å². The highest BCUT2D eigenvalue weighted by Gasteiger charge is 2.11. The second-order valence-corrected chi connectivity index (χ2v) is 5.62. The number of amides is 1. The van der Waals surface area contributed by atoms with Gasteiger partial charge >= 0.3 is 0 Å². The highest BCUT2D eigenvalue weighted by molar-refractivity contribution is 7.07. The number of hydrogen-bond donors (Lipinski definition) is 0. The zero-order valence-corrected chi connectivity index (χ0v) is 13.3. The van der Waals surface area contributed by atoms with Gasteiger partial charge in [0.1, 0.15) is 0 Å². The van der Waals surface area contributed by atoms with Gasteiger partial charge in [0.05, 0.1) is 13.2 Å². The minimum absolute atomic E-state index is 0.0373. The molecule has 0 radical (unpaired) electrons. The van der Waals surface area contributed by atoms with Crippen molar-refractivity contribution in [1.29, 1.82) is 0 Å². The van der Waals surface area contributed by atoms with Gasteiger partial charge in [-0.3, -0.25) is 4.79 Å². The first-order valence-corrected chi connectivity index (χ1v) is 7.43. The van der Waals surface area contributed by atoms with E-state index in [2.05, 4.69) is 4.99 Å². The van der Waals surface area contributed by atoms with Crippen LogP contribution in [0, 0.1) is 0 Å². The quantitative estimate of drug-likeness (QED) is 0.872. The predicted molar refractivity (Wildman–Crippen MR) is 81.9 cm³/mol. The van der Waals surface area contributed by atoms with Gasteiger partial charge in [0.25, 0.3) is 5.91 Å². The van der Waals surface area contributed by atoms with E-state index in [-0.39, 0.29) is 12.0 Å². The first-order chi connectivity index (χ1) is 10.0. The number of aryl methyl sites for hydroxylation is 1. The van der Waals surface area contributed by atoms with Gasteiger partial charge in [-0.2, -0.15) is 4.99 Å². The number of carbonyl (C=O) groups excluding carboxylic acids is 1. The monoisotopic (exact) mass is 306 g/mol. The van der Waals surface area contributed by atoms with Gasteiger partial charge in [0, 0.05) is 24.2 Å². The Balaban J connectivity index is 2.33. The lowest BCUT2D eigenvalue weighted by Gasteiger charge is -2.13. The summed E-state index contributed by atoms with van der Waals surface area (Å²) < 4.78 is 12.7. The van der Waals surface area contributed by atoms with Gasteiger partial charge < -0.3 is 14.0 Å². The Hall–Kier alpha value is -2.08. The molecule has 0 aliphatic carbocycles. The third-order valence-corrected chi connectivity index (χ3v) is 3.58. The van der Waals surface area contributed by atoms with Crippen LogP contribution >= 0.6 is 11.3 Å². The molecular formula is C15H18N2O3S. The van der Waals surface area contributed by atoms with Crippen molar-refractivity contribution in [2.24, 2.45) is 12.0 Å². The first kappa shape index (κ1) is 15.3. The maximum atomic E-state index is 12.2. The van der Waals surface area contributed by atoms with Gasteiger partial charge in [0.15, 0.2) is 16.3 Å². The molecule has 0 atom stereocenters. The highest BCUT2D eigenvalue weighted by atomic mass is 32.1. The second kappa shape index (κ2) is 6.58. The predicted octanol–water partition coefficient (Wildman–Crippen LogP) is 2.62. The molecule has 0 aliphatic heterocycles. The molecule has 0 bridgehead atoms. The average Bonchev–Trinajstić information content (AvgIpc) is 2.84. The molecule has 1 aromatic carbocycles. The number of hydrogen-bond acceptors (Lipinski definition) is 4. The molecule has 0 saturated carbocycles. The zero-order valence-electron chi connectivity index (χ0n) is 12.5. The fourth-order valence-electron chi connectivity index (χ4n) is 1.74. The van der Waals surface area contributed by atoms with Crippen LogP contribution in [0.3, 0.4) is 0 Å². The number of thiazole rings is 1. The lowest BCUT2D eigenvalue weighted by atomic mass is 10.2.